The zero-order valence-electron chi connectivity index (χ0n) is 15.5. The smallest absolute Gasteiger partial charge is 0.246 e. The number of nitrogens with zero attached hydrogens (tertiary/aromatic N) is 2. The van der Waals surface area contributed by atoms with E-state index in [0.29, 0.717) is 19.4 Å². The Bertz CT molecular complexity index is 937. The van der Waals surface area contributed by atoms with Crippen LogP contribution in [-0.4, -0.2) is 43.8 Å². The number of aromatic nitrogens is 1. The van der Waals surface area contributed by atoms with Gasteiger partial charge in [-0.15, -0.1) is 0 Å². The lowest BCUT2D eigenvalue weighted by Crippen LogP contribution is -2.45. The number of amides is 1. The Morgan fingerprint density at radius 1 is 1.39 bits per heavy atom. The number of halogens is 1. The van der Waals surface area contributed by atoms with E-state index >= 15 is 0 Å². The highest BCUT2D eigenvalue weighted by Gasteiger charge is 2.35. The van der Waals surface area contributed by atoms with E-state index in [-0.39, 0.29) is 29.6 Å². The van der Waals surface area contributed by atoms with Gasteiger partial charge in [-0.2, -0.15) is 4.31 Å². The molecule has 0 bridgehead atoms. The highest BCUT2D eigenvalue weighted by molar-refractivity contribution is 7.89. The summed E-state index contributed by atoms with van der Waals surface area (Å²) in [6.07, 6.45) is 4.44. The summed E-state index contributed by atoms with van der Waals surface area (Å²) in [4.78, 5) is 16.3. The van der Waals surface area contributed by atoms with E-state index in [4.69, 9.17) is 4.74 Å². The number of benzene rings is 1. The predicted octanol–water partition coefficient (Wildman–Crippen LogP) is 1.95. The topological polar surface area (TPSA) is 88.6 Å². The minimum atomic E-state index is -3.98. The number of pyridine rings is 1. The monoisotopic (exact) mass is 407 g/mol. The Morgan fingerprint density at radius 3 is 2.93 bits per heavy atom. The van der Waals surface area contributed by atoms with Crippen molar-refractivity contribution in [2.45, 2.75) is 24.3 Å². The molecule has 0 saturated carbocycles. The number of hydrogen-bond donors (Lipinski definition) is 1. The van der Waals surface area contributed by atoms with Gasteiger partial charge < -0.3 is 10.1 Å². The molecule has 1 aromatic heterocycles. The maximum atomic E-state index is 13.6. The quantitative estimate of drug-likeness (QED) is 0.791. The van der Waals surface area contributed by atoms with Crippen LogP contribution in [0.5, 0.6) is 5.75 Å². The fraction of sp³-hybridized carbons (Fsp3) is 0.368. The second-order valence-corrected chi connectivity index (χ2v) is 8.48. The summed E-state index contributed by atoms with van der Waals surface area (Å²) in [7, 11) is -2.65. The van der Waals surface area contributed by atoms with E-state index in [1.165, 1.54) is 17.5 Å². The number of carbonyl (C=O) groups is 1. The van der Waals surface area contributed by atoms with Gasteiger partial charge in [0.2, 0.25) is 15.9 Å². The Balaban J connectivity index is 1.72. The Morgan fingerprint density at radius 2 is 2.21 bits per heavy atom. The fourth-order valence-electron chi connectivity index (χ4n) is 3.20. The van der Waals surface area contributed by atoms with Gasteiger partial charge in [-0.05, 0) is 42.7 Å². The standard InChI is InChI=1S/C19H22FN3O4S/c1-27-17-7-6-16(20)10-18(17)28(25,26)23-9-3-5-15(13-23)19(24)22-12-14-4-2-8-21-11-14/h2,4,6-8,10-11,15H,3,5,9,12-13H2,1H3,(H,22,24)/t15-/m1/s1. The normalized spacial score (nSPS) is 17.9. The molecule has 7 nitrogen and oxygen atoms in total. The molecule has 2 aromatic rings. The molecule has 1 N–H and O–H groups in total. The summed E-state index contributed by atoms with van der Waals surface area (Å²) in [5.41, 5.74) is 0.862. The van der Waals surface area contributed by atoms with E-state index in [1.807, 2.05) is 6.07 Å². The van der Waals surface area contributed by atoms with E-state index in [1.54, 1.807) is 18.5 Å². The average molecular weight is 407 g/mol. The van der Waals surface area contributed by atoms with Crippen LogP contribution in [-0.2, 0) is 21.4 Å². The van der Waals surface area contributed by atoms with Gasteiger partial charge in [-0.3, -0.25) is 9.78 Å². The van der Waals surface area contributed by atoms with Crippen molar-refractivity contribution in [2.24, 2.45) is 5.92 Å². The maximum absolute atomic E-state index is 13.6. The van der Waals surface area contributed by atoms with Crippen molar-refractivity contribution in [2.75, 3.05) is 20.2 Å². The number of hydrogen-bond acceptors (Lipinski definition) is 5. The maximum Gasteiger partial charge on any atom is 0.246 e. The van der Waals surface area contributed by atoms with Gasteiger partial charge in [0.25, 0.3) is 0 Å². The molecule has 0 spiro atoms. The summed E-state index contributed by atoms with van der Waals surface area (Å²) in [5, 5.41) is 2.83. The highest BCUT2D eigenvalue weighted by Crippen LogP contribution is 2.30. The van der Waals surface area contributed by atoms with E-state index in [2.05, 4.69) is 10.3 Å². The van der Waals surface area contributed by atoms with Gasteiger partial charge in [0.15, 0.2) is 0 Å². The second-order valence-electron chi connectivity index (χ2n) is 6.58. The molecule has 9 heteroatoms. The Labute approximate surface area is 163 Å². The molecule has 0 aliphatic carbocycles. The molecular formula is C19H22FN3O4S. The molecule has 0 radical (unpaired) electrons. The third kappa shape index (κ3) is 4.48. The number of rotatable bonds is 6. The number of piperidine rings is 1. The van der Waals surface area contributed by atoms with Gasteiger partial charge in [-0.1, -0.05) is 6.07 Å². The minimum Gasteiger partial charge on any atom is -0.495 e. The van der Waals surface area contributed by atoms with Crippen LogP contribution in [0.15, 0.2) is 47.6 Å². The van der Waals surface area contributed by atoms with Gasteiger partial charge in [0.05, 0.1) is 13.0 Å². The number of sulfonamides is 1. The van der Waals surface area contributed by atoms with Gasteiger partial charge in [0.1, 0.15) is 16.5 Å². The molecule has 28 heavy (non-hydrogen) atoms. The molecule has 1 aliphatic heterocycles. The number of ether oxygens (including phenoxy) is 1. The van der Waals surface area contributed by atoms with Gasteiger partial charge >= 0.3 is 0 Å². The Kier molecular flexibility index (Phi) is 6.25. The molecule has 1 atom stereocenters. The number of nitrogens with one attached hydrogen (secondary N) is 1. The lowest BCUT2D eigenvalue weighted by molar-refractivity contribution is -0.126. The average Bonchev–Trinajstić information content (AvgIpc) is 2.72. The first-order valence-electron chi connectivity index (χ1n) is 8.92. The molecule has 150 valence electrons. The fourth-order valence-corrected chi connectivity index (χ4v) is 4.89. The van der Waals surface area contributed by atoms with Gasteiger partial charge in [0, 0.05) is 32.0 Å². The number of methoxy groups -OCH3 is 1. The van der Waals surface area contributed by atoms with Gasteiger partial charge in [-0.25, -0.2) is 12.8 Å². The van der Waals surface area contributed by atoms with Crippen LogP contribution in [0.25, 0.3) is 0 Å². The summed E-state index contributed by atoms with van der Waals surface area (Å²) in [6, 6.07) is 7.00. The summed E-state index contributed by atoms with van der Waals surface area (Å²) >= 11 is 0. The van der Waals surface area contributed by atoms with Crippen LogP contribution < -0.4 is 10.1 Å². The SMILES string of the molecule is COc1ccc(F)cc1S(=O)(=O)N1CCC[C@@H](C(=O)NCc2cccnc2)C1. The van der Waals surface area contributed by atoms with Crippen molar-refractivity contribution in [1.82, 2.24) is 14.6 Å². The van der Waals surface area contributed by atoms with Crippen molar-refractivity contribution < 1.29 is 22.3 Å². The first kappa shape index (κ1) is 20.2. The summed E-state index contributed by atoms with van der Waals surface area (Å²) < 4.78 is 46.0. The van der Waals surface area contributed by atoms with E-state index in [0.717, 1.165) is 17.7 Å². The first-order valence-corrected chi connectivity index (χ1v) is 10.4. The predicted molar refractivity (Wildman–Crippen MR) is 101 cm³/mol. The van der Waals surface area contributed by atoms with Crippen LogP contribution >= 0.6 is 0 Å². The molecule has 1 fully saturated rings. The summed E-state index contributed by atoms with van der Waals surface area (Å²) in [6.45, 7) is 0.642. The van der Waals surface area contributed by atoms with Crippen molar-refractivity contribution >= 4 is 15.9 Å². The van der Waals surface area contributed by atoms with Crippen LogP contribution in [0.1, 0.15) is 18.4 Å². The van der Waals surface area contributed by atoms with Crippen molar-refractivity contribution in [3.63, 3.8) is 0 Å². The van der Waals surface area contributed by atoms with Crippen molar-refractivity contribution in [1.29, 1.82) is 0 Å². The highest BCUT2D eigenvalue weighted by atomic mass is 32.2. The molecule has 3 rings (SSSR count). The van der Waals surface area contributed by atoms with Crippen molar-refractivity contribution in [3.8, 4) is 5.75 Å². The molecular weight excluding hydrogens is 385 g/mol. The van der Waals surface area contributed by atoms with Crippen molar-refractivity contribution in [3.05, 3.63) is 54.1 Å². The van der Waals surface area contributed by atoms with E-state index < -0.39 is 21.8 Å². The number of carbonyl (C=O) groups excluding carboxylic acids is 1. The minimum absolute atomic E-state index is 0.0425. The lowest BCUT2D eigenvalue weighted by Gasteiger charge is -2.31. The lowest BCUT2D eigenvalue weighted by atomic mass is 9.99. The molecule has 1 saturated heterocycles. The second kappa shape index (κ2) is 8.66. The zero-order valence-corrected chi connectivity index (χ0v) is 16.3. The molecule has 1 aliphatic rings. The molecule has 0 unspecified atom stereocenters. The van der Waals surface area contributed by atoms with E-state index in [9.17, 15) is 17.6 Å². The van der Waals surface area contributed by atoms with Crippen LogP contribution in [0.2, 0.25) is 0 Å². The Hall–Kier alpha value is -2.52. The third-order valence-electron chi connectivity index (χ3n) is 4.69. The molecule has 2 heterocycles. The first-order chi connectivity index (χ1) is 13.4. The van der Waals surface area contributed by atoms with Crippen LogP contribution in [0.4, 0.5) is 4.39 Å². The molecule has 1 amide bonds. The van der Waals surface area contributed by atoms with Crippen LogP contribution in [0.3, 0.4) is 0 Å². The molecule has 1 aromatic carbocycles. The summed E-state index contributed by atoms with van der Waals surface area (Å²) in [5.74, 6) is -1.28. The zero-order chi connectivity index (χ0) is 20.1. The third-order valence-corrected chi connectivity index (χ3v) is 6.57. The van der Waals surface area contributed by atoms with Crippen LogP contribution in [0, 0.1) is 11.7 Å². The largest absolute Gasteiger partial charge is 0.495 e.